The minimum Gasteiger partial charge on any atom is -0.342 e. The molecule has 0 bridgehead atoms. The molecule has 5 heteroatoms. The summed E-state index contributed by atoms with van der Waals surface area (Å²) >= 11 is 0. The van der Waals surface area contributed by atoms with Gasteiger partial charge in [0.1, 0.15) is 0 Å². The average Bonchev–Trinajstić information content (AvgIpc) is 2.74. The first-order valence-electron chi connectivity index (χ1n) is 10.1. The van der Waals surface area contributed by atoms with Crippen LogP contribution < -0.4 is 5.32 Å². The summed E-state index contributed by atoms with van der Waals surface area (Å²) < 4.78 is 0. The highest BCUT2D eigenvalue weighted by molar-refractivity contribution is 5.79. The van der Waals surface area contributed by atoms with E-state index in [4.69, 9.17) is 0 Å². The van der Waals surface area contributed by atoms with Crippen molar-refractivity contribution in [1.82, 2.24) is 20.1 Å². The number of benzene rings is 1. The Labute approximate surface area is 168 Å². The Balaban J connectivity index is 1.70. The van der Waals surface area contributed by atoms with Crippen molar-refractivity contribution >= 4 is 5.91 Å². The first kappa shape index (κ1) is 20.5. The van der Waals surface area contributed by atoms with Crippen molar-refractivity contribution in [2.24, 2.45) is 5.92 Å². The van der Waals surface area contributed by atoms with E-state index in [9.17, 15) is 4.79 Å². The summed E-state index contributed by atoms with van der Waals surface area (Å²) in [7, 11) is 6.15. The number of amides is 1. The SMILES string of the molecule is CNCC(Cc1ccccc1)C(=O)N1CCC(c2ccccn2)(N(C)C)CC1. The molecule has 2 aromatic rings. The van der Waals surface area contributed by atoms with Crippen molar-refractivity contribution in [3.05, 3.63) is 66.0 Å². The lowest BCUT2D eigenvalue weighted by atomic mass is 9.82. The number of pyridine rings is 1. The summed E-state index contributed by atoms with van der Waals surface area (Å²) in [4.78, 5) is 22.2. The number of hydrogen-bond donors (Lipinski definition) is 1. The Hall–Kier alpha value is -2.24. The molecular formula is C23H32N4O. The topological polar surface area (TPSA) is 48.5 Å². The summed E-state index contributed by atoms with van der Waals surface area (Å²) in [5, 5.41) is 3.20. The molecule has 0 radical (unpaired) electrons. The highest BCUT2D eigenvalue weighted by atomic mass is 16.2. The molecule has 1 aliphatic rings. The van der Waals surface area contributed by atoms with Crippen LogP contribution in [-0.2, 0) is 16.8 Å². The zero-order chi connectivity index (χ0) is 20.0. The van der Waals surface area contributed by atoms with Crippen LogP contribution in [0.15, 0.2) is 54.7 Å². The van der Waals surface area contributed by atoms with Crippen LogP contribution in [0.4, 0.5) is 0 Å². The van der Waals surface area contributed by atoms with Crippen LogP contribution in [0.3, 0.4) is 0 Å². The molecule has 1 aliphatic heterocycles. The predicted molar refractivity (Wildman–Crippen MR) is 113 cm³/mol. The molecule has 0 aliphatic carbocycles. The molecule has 1 aromatic heterocycles. The molecule has 1 N–H and O–H groups in total. The summed E-state index contributed by atoms with van der Waals surface area (Å²) in [5.74, 6) is 0.223. The molecule has 150 valence electrons. The molecule has 0 saturated carbocycles. The van der Waals surface area contributed by atoms with Gasteiger partial charge in [0.25, 0.3) is 0 Å². The fourth-order valence-corrected chi connectivity index (χ4v) is 4.32. The molecular weight excluding hydrogens is 348 g/mol. The number of carbonyl (C=O) groups excluding carboxylic acids is 1. The van der Waals surface area contributed by atoms with Crippen LogP contribution in [0, 0.1) is 5.92 Å². The number of nitrogens with zero attached hydrogens (tertiary/aromatic N) is 3. The van der Waals surface area contributed by atoms with Crippen molar-refractivity contribution in [2.75, 3.05) is 40.8 Å². The van der Waals surface area contributed by atoms with Gasteiger partial charge in [-0.25, -0.2) is 0 Å². The zero-order valence-electron chi connectivity index (χ0n) is 17.3. The highest BCUT2D eigenvalue weighted by Gasteiger charge is 2.41. The van der Waals surface area contributed by atoms with Crippen LogP contribution in [-0.4, -0.2) is 61.5 Å². The van der Waals surface area contributed by atoms with Gasteiger partial charge in [0.05, 0.1) is 17.2 Å². The Kier molecular flexibility index (Phi) is 6.81. The van der Waals surface area contributed by atoms with Gasteiger partial charge in [-0.15, -0.1) is 0 Å². The molecule has 1 aromatic carbocycles. The van der Waals surface area contributed by atoms with Gasteiger partial charge in [0.2, 0.25) is 5.91 Å². The Morgan fingerprint density at radius 3 is 2.39 bits per heavy atom. The Bertz CT molecular complexity index is 740. The van der Waals surface area contributed by atoms with Gasteiger partial charge in [-0.2, -0.15) is 0 Å². The monoisotopic (exact) mass is 380 g/mol. The first-order valence-corrected chi connectivity index (χ1v) is 10.1. The van der Waals surface area contributed by atoms with Gasteiger partial charge in [0.15, 0.2) is 0 Å². The molecule has 1 unspecified atom stereocenters. The molecule has 1 amide bonds. The summed E-state index contributed by atoms with van der Waals surface area (Å²) in [6.07, 6.45) is 4.44. The van der Waals surface area contributed by atoms with Gasteiger partial charge in [-0.3, -0.25) is 14.7 Å². The smallest absolute Gasteiger partial charge is 0.227 e. The van der Waals surface area contributed by atoms with Crippen LogP contribution in [0.25, 0.3) is 0 Å². The van der Waals surface area contributed by atoms with Crippen LogP contribution in [0.2, 0.25) is 0 Å². The van der Waals surface area contributed by atoms with E-state index in [1.165, 1.54) is 5.56 Å². The Morgan fingerprint density at radius 2 is 1.82 bits per heavy atom. The van der Waals surface area contributed by atoms with E-state index >= 15 is 0 Å². The molecule has 28 heavy (non-hydrogen) atoms. The lowest BCUT2D eigenvalue weighted by Gasteiger charge is -2.46. The van der Waals surface area contributed by atoms with E-state index in [1.807, 2.05) is 43.6 Å². The lowest BCUT2D eigenvalue weighted by Crippen LogP contribution is -2.53. The van der Waals surface area contributed by atoms with Crippen LogP contribution >= 0.6 is 0 Å². The van der Waals surface area contributed by atoms with E-state index in [1.54, 1.807) is 0 Å². The quantitative estimate of drug-likeness (QED) is 0.802. The van der Waals surface area contributed by atoms with Crippen molar-refractivity contribution in [1.29, 1.82) is 0 Å². The van der Waals surface area contributed by atoms with Crippen LogP contribution in [0.5, 0.6) is 0 Å². The fraction of sp³-hybridized carbons (Fsp3) is 0.478. The third kappa shape index (κ3) is 4.42. The normalized spacial score (nSPS) is 17.5. The van der Waals surface area contributed by atoms with E-state index in [-0.39, 0.29) is 17.4 Å². The predicted octanol–water partition coefficient (Wildman–Crippen LogP) is 2.54. The summed E-state index contributed by atoms with van der Waals surface area (Å²) in [5.41, 5.74) is 2.21. The van der Waals surface area contributed by atoms with Gasteiger partial charge in [0, 0.05) is 25.8 Å². The minimum atomic E-state index is -0.101. The summed E-state index contributed by atoms with van der Waals surface area (Å²) in [6.45, 7) is 2.23. The molecule has 5 nitrogen and oxygen atoms in total. The number of likely N-dealkylation sites (tertiary alicyclic amines) is 1. The average molecular weight is 381 g/mol. The maximum absolute atomic E-state index is 13.3. The van der Waals surface area contributed by atoms with Crippen molar-refractivity contribution < 1.29 is 4.79 Å². The van der Waals surface area contributed by atoms with E-state index < -0.39 is 0 Å². The number of piperidine rings is 1. The minimum absolute atomic E-state index is 0.0332. The lowest BCUT2D eigenvalue weighted by molar-refractivity contribution is -0.138. The van der Waals surface area contributed by atoms with Crippen molar-refractivity contribution in [2.45, 2.75) is 24.8 Å². The molecule has 2 heterocycles. The highest BCUT2D eigenvalue weighted by Crippen LogP contribution is 2.36. The van der Waals surface area contributed by atoms with Crippen molar-refractivity contribution in [3.63, 3.8) is 0 Å². The van der Waals surface area contributed by atoms with E-state index in [2.05, 4.69) is 52.4 Å². The maximum atomic E-state index is 13.3. The zero-order valence-corrected chi connectivity index (χ0v) is 17.3. The number of aromatic nitrogens is 1. The van der Waals surface area contributed by atoms with Gasteiger partial charge in [-0.05, 0) is 58.1 Å². The second-order valence-corrected chi connectivity index (χ2v) is 7.91. The molecule has 0 spiro atoms. The number of hydrogen-bond acceptors (Lipinski definition) is 4. The Morgan fingerprint density at radius 1 is 1.14 bits per heavy atom. The fourth-order valence-electron chi connectivity index (χ4n) is 4.32. The molecule has 1 saturated heterocycles. The van der Waals surface area contributed by atoms with E-state index in [0.717, 1.165) is 38.0 Å². The molecule has 3 rings (SSSR count). The number of nitrogens with one attached hydrogen (secondary N) is 1. The maximum Gasteiger partial charge on any atom is 0.227 e. The second kappa shape index (κ2) is 9.30. The largest absolute Gasteiger partial charge is 0.342 e. The van der Waals surface area contributed by atoms with Gasteiger partial charge in [-0.1, -0.05) is 36.4 Å². The van der Waals surface area contributed by atoms with Gasteiger partial charge >= 0.3 is 0 Å². The second-order valence-electron chi connectivity index (χ2n) is 7.91. The number of carbonyl (C=O) groups is 1. The summed E-state index contributed by atoms with van der Waals surface area (Å²) in [6, 6.07) is 16.4. The van der Waals surface area contributed by atoms with Crippen molar-refractivity contribution in [3.8, 4) is 0 Å². The first-order chi connectivity index (χ1) is 13.6. The third-order valence-electron chi connectivity index (χ3n) is 6.02. The number of rotatable bonds is 7. The third-order valence-corrected chi connectivity index (χ3v) is 6.02. The molecule has 1 atom stereocenters. The van der Waals surface area contributed by atoms with E-state index in [0.29, 0.717) is 6.54 Å². The van der Waals surface area contributed by atoms with Crippen LogP contribution in [0.1, 0.15) is 24.1 Å². The van der Waals surface area contributed by atoms with Gasteiger partial charge < -0.3 is 10.2 Å². The standard InChI is InChI=1S/C23H32N4O/c1-24-18-20(17-19-9-5-4-6-10-19)22(28)27-15-12-23(13-16-27,26(2)3)21-11-7-8-14-25-21/h4-11,14,20,24H,12-13,15-18H2,1-3H3. The molecule has 1 fully saturated rings.